The largest absolute Gasteiger partial charge is 0.274 e. The normalized spacial score (nSPS) is 18.3. The monoisotopic (exact) mass is 137 g/mol. The molecular formula is C8H11NO. The first-order valence-corrected chi connectivity index (χ1v) is 3.29. The van der Waals surface area contributed by atoms with Crippen molar-refractivity contribution in [1.29, 1.82) is 0 Å². The van der Waals surface area contributed by atoms with Crippen LogP contribution in [-0.4, -0.2) is 6.61 Å². The maximum absolute atomic E-state index is 4.87. The Bertz CT molecular complexity index is 180. The van der Waals surface area contributed by atoms with Gasteiger partial charge in [0.1, 0.15) is 6.61 Å². The van der Waals surface area contributed by atoms with Crippen molar-refractivity contribution < 1.29 is 4.84 Å². The molecule has 1 aliphatic rings. The molecule has 0 fully saturated rings. The van der Waals surface area contributed by atoms with Gasteiger partial charge in [-0.15, -0.1) is 0 Å². The fourth-order valence-electron chi connectivity index (χ4n) is 0.671. The molecule has 0 aliphatic carbocycles. The van der Waals surface area contributed by atoms with Gasteiger partial charge in [0.25, 0.3) is 0 Å². The van der Waals surface area contributed by atoms with Gasteiger partial charge in [0.05, 0.1) is 0 Å². The van der Waals surface area contributed by atoms with Crippen LogP contribution in [-0.2, 0) is 4.84 Å². The third-order valence-electron chi connectivity index (χ3n) is 1.18. The van der Waals surface area contributed by atoms with Gasteiger partial charge in [0, 0.05) is 6.20 Å². The van der Waals surface area contributed by atoms with E-state index in [1.54, 1.807) is 0 Å². The fourth-order valence-corrected chi connectivity index (χ4v) is 0.671. The van der Waals surface area contributed by atoms with Crippen molar-refractivity contribution >= 4 is 0 Å². The molecule has 1 heterocycles. The first kappa shape index (κ1) is 7.09. The van der Waals surface area contributed by atoms with Crippen molar-refractivity contribution in [1.82, 2.24) is 5.48 Å². The van der Waals surface area contributed by atoms with Gasteiger partial charge in [-0.2, -0.15) is 0 Å². The van der Waals surface area contributed by atoms with Crippen LogP contribution in [0, 0.1) is 0 Å². The van der Waals surface area contributed by atoms with Crippen LogP contribution in [0.2, 0.25) is 0 Å². The summed E-state index contributed by atoms with van der Waals surface area (Å²) in [6.45, 7) is 2.65. The topological polar surface area (TPSA) is 21.3 Å². The Kier molecular flexibility index (Phi) is 2.77. The minimum Gasteiger partial charge on any atom is -0.274 e. The van der Waals surface area contributed by atoms with Crippen LogP contribution in [0.15, 0.2) is 36.1 Å². The van der Waals surface area contributed by atoms with E-state index in [1.807, 2.05) is 37.4 Å². The summed E-state index contributed by atoms with van der Waals surface area (Å²) in [5, 5.41) is 0. The highest BCUT2D eigenvalue weighted by atomic mass is 16.6. The molecule has 0 aromatic heterocycles. The Morgan fingerprint density at radius 1 is 1.60 bits per heavy atom. The molecule has 2 heteroatoms. The molecule has 0 amide bonds. The second-order valence-electron chi connectivity index (χ2n) is 2.01. The maximum Gasteiger partial charge on any atom is 0.101 e. The van der Waals surface area contributed by atoms with Crippen LogP contribution in [0.3, 0.4) is 0 Å². The molecule has 0 aromatic carbocycles. The molecule has 0 radical (unpaired) electrons. The zero-order chi connectivity index (χ0) is 7.23. The highest BCUT2D eigenvalue weighted by Gasteiger charge is 1.97. The SMILES string of the molecule is C/C=C/C=C/C1=CNOC1. The lowest BCUT2D eigenvalue weighted by Gasteiger charge is -1.86. The zero-order valence-electron chi connectivity index (χ0n) is 6.00. The first-order valence-electron chi connectivity index (χ1n) is 3.29. The standard InChI is InChI=1S/C8H11NO/c1-2-3-4-5-8-6-9-10-7-8/h2-6,9H,7H2,1H3/b3-2+,5-4+. The summed E-state index contributed by atoms with van der Waals surface area (Å²) in [5.41, 5.74) is 3.83. The zero-order valence-corrected chi connectivity index (χ0v) is 6.00. The summed E-state index contributed by atoms with van der Waals surface area (Å²) in [7, 11) is 0. The lowest BCUT2D eigenvalue weighted by atomic mass is 10.3. The molecule has 1 rings (SSSR count). The van der Waals surface area contributed by atoms with E-state index in [9.17, 15) is 0 Å². The lowest BCUT2D eigenvalue weighted by molar-refractivity contribution is 0.114. The molecule has 0 spiro atoms. The summed E-state index contributed by atoms with van der Waals surface area (Å²) in [5.74, 6) is 0. The number of allylic oxidation sites excluding steroid dienone is 3. The van der Waals surface area contributed by atoms with Crippen molar-refractivity contribution in [2.24, 2.45) is 0 Å². The molecule has 0 atom stereocenters. The summed E-state index contributed by atoms with van der Waals surface area (Å²) in [6, 6.07) is 0. The Balaban J connectivity index is 2.36. The molecule has 0 saturated heterocycles. The van der Waals surface area contributed by atoms with E-state index in [0.29, 0.717) is 6.61 Å². The minimum atomic E-state index is 0.661. The molecule has 0 aromatic rings. The van der Waals surface area contributed by atoms with E-state index in [1.165, 1.54) is 0 Å². The fraction of sp³-hybridized carbons (Fsp3) is 0.250. The second kappa shape index (κ2) is 3.90. The molecule has 10 heavy (non-hydrogen) atoms. The van der Waals surface area contributed by atoms with Crippen LogP contribution in [0.5, 0.6) is 0 Å². The molecule has 0 bridgehead atoms. The molecule has 0 saturated carbocycles. The molecule has 1 N–H and O–H groups in total. The van der Waals surface area contributed by atoms with Gasteiger partial charge in [-0.25, -0.2) is 0 Å². The van der Waals surface area contributed by atoms with Gasteiger partial charge in [-0.05, 0) is 12.5 Å². The number of rotatable bonds is 2. The van der Waals surface area contributed by atoms with Crippen molar-refractivity contribution in [2.75, 3.05) is 6.61 Å². The summed E-state index contributed by atoms with van der Waals surface area (Å²) in [4.78, 5) is 4.87. The Labute approximate surface area is 60.8 Å². The van der Waals surface area contributed by atoms with Gasteiger partial charge < -0.3 is 0 Å². The van der Waals surface area contributed by atoms with Gasteiger partial charge in [0.15, 0.2) is 0 Å². The van der Waals surface area contributed by atoms with Crippen LogP contribution in [0.1, 0.15) is 6.92 Å². The predicted molar refractivity (Wildman–Crippen MR) is 41.1 cm³/mol. The van der Waals surface area contributed by atoms with Crippen molar-refractivity contribution in [2.45, 2.75) is 6.92 Å². The van der Waals surface area contributed by atoms with E-state index in [0.717, 1.165) is 5.57 Å². The van der Waals surface area contributed by atoms with E-state index >= 15 is 0 Å². The highest BCUT2D eigenvalue weighted by molar-refractivity contribution is 5.23. The van der Waals surface area contributed by atoms with E-state index in [4.69, 9.17) is 4.84 Å². The molecule has 54 valence electrons. The maximum atomic E-state index is 4.87. The number of hydrogen-bond donors (Lipinski definition) is 1. The van der Waals surface area contributed by atoms with E-state index in [2.05, 4.69) is 5.48 Å². The lowest BCUT2D eigenvalue weighted by Crippen LogP contribution is -1.96. The molecular weight excluding hydrogens is 126 g/mol. The van der Waals surface area contributed by atoms with Gasteiger partial charge in [0.2, 0.25) is 0 Å². The molecule has 0 unspecified atom stereocenters. The Morgan fingerprint density at radius 3 is 3.10 bits per heavy atom. The predicted octanol–water partition coefficient (Wildman–Crippen LogP) is 1.54. The smallest absolute Gasteiger partial charge is 0.101 e. The summed E-state index contributed by atoms with van der Waals surface area (Å²) in [6.07, 6.45) is 9.82. The molecule has 1 aliphatic heterocycles. The minimum absolute atomic E-state index is 0.661. The number of nitrogens with one attached hydrogen (secondary N) is 1. The Hall–Kier alpha value is -1.02. The number of hydroxylamine groups is 1. The van der Waals surface area contributed by atoms with Crippen LogP contribution in [0.25, 0.3) is 0 Å². The van der Waals surface area contributed by atoms with E-state index < -0.39 is 0 Å². The van der Waals surface area contributed by atoms with Crippen molar-refractivity contribution in [3.05, 3.63) is 36.1 Å². The second-order valence-corrected chi connectivity index (χ2v) is 2.01. The average molecular weight is 137 g/mol. The third kappa shape index (κ3) is 2.07. The third-order valence-corrected chi connectivity index (χ3v) is 1.18. The summed E-state index contributed by atoms with van der Waals surface area (Å²) >= 11 is 0. The van der Waals surface area contributed by atoms with Crippen molar-refractivity contribution in [3.8, 4) is 0 Å². The van der Waals surface area contributed by atoms with Crippen LogP contribution in [0.4, 0.5) is 0 Å². The quantitative estimate of drug-likeness (QED) is 0.583. The Morgan fingerprint density at radius 2 is 2.50 bits per heavy atom. The van der Waals surface area contributed by atoms with Gasteiger partial charge in [-0.3, -0.25) is 10.3 Å². The van der Waals surface area contributed by atoms with Gasteiger partial charge >= 0.3 is 0 Å². The van der Waals surface area contributed by atoms with Crippen LogP contribution >= 0.6 is 0 Å². The number of hydrogen-bond acceptors (Lipinski definition) is 2. The first-order chi connectivity index (χ1) is 4.93. The van der Waals surface area contributed by atoms with Crippen LogP contribution < -0.4 is 5.48 Å². The average Bonchev–Trinajstić information content (AvgIpc) is 2.41. The summed E-state index contributed by atoms with van der Waals surface area (Å²) < 4.78 is 0. The van der Waals surface area contributed by atoms with Gasteiger partial charge in [-0.1, -0.05) is 24.3 Å². The van der Waals surface area contributed by atoms with Crippen molar-refractivity contribution in [3.63, 3.8) is 0 Å². The highest BCUT2D eigenvalue weighted by Crippen LogP contribution is 2.00. The molecule has 2 nitrogen and oxygen atoms in total. The van der Waals surface area contributed by atoms with E-state index in [-0.39, 0.29) is 0 Å².